The van der Waals surface area contributed by atoms with Crippen LogP contribution in [0, 0.1) is 20.8 Å². The van der Waals surface area contributed by atoms with E-state index in [0.29, 0.717) is 18.8 Å². The number of aryl methyl sites for hydroxylation is 3. The number of benzene rings is 1. The minimum Gasteiger partial charge on any atom is -0.459 e. The van der Waals surface area contributed by atoms with E-state index in [4.69, 9.17) is 9.47 Å². The minimum absolute atomic E-state index is 0.120. The summed E-state index contributed by atoms with van der Waals surface area (Å²) in [7, 11) is 0. The Balaban J connectivity index is 2.14. The quantitative estimate of drug-likeness (QED) is 0.579. The van der Waals surface area contributed by atoms with Crippen LogP contribution in [0.15, 0.2) is 12.1 Å². The van der Waals surface area contributed by atoms with E-state index in [2.05, 4.69) is 0 Å². The molecule has 1 fully saturated rings. The van der Waals surface area contributed by atoms with E-state index in [-0.39, 0.29) is 12.1 Å². The number of ether oxygens (including phenoxy) is 2. The third-order valence-electron chi connectivity index (χ3n) is 2.68. The first-order valence-corrected chi connectivity index (χ1v) is 5.44. The first kappa shape index (κ1) is 11.1. The van der Waals surface area contributed by atoms with E-state index in [1.54, 1.807) is 0 Å². The van der Waals surface area contributed by atoms with Crippen LogP contribution in [-0.2, 0) is 9.47 Å². The second-order valence-corrected chi connectivity index (χ2v) is 4.33. The molecule has 1 aliphatic rings. The van der Waals surface area contributed by atoms with Crippen LogP contribution < -0.4 is 0 Å². The number of hydrogen-bond donors (Lipinski definition) is 0. The lowest BCUT2D eigenvalue weighted by Gasteiger charge is -2.10. The Kier molecular flexibility index (Phi) is 2.97. The Bertz CT molecular complexity index is 396. The summed E-state index contributed by atoms with van der Waals surface area (Å²) in [5.41, 5.74) is 3.79. The molecule has 2 rings (SSSR count). The van der Waals surface area contributed by atoms with Gasteiger partial charge in [-0.05, 0) is 31.9 Å². The highest BCUT2D eigenvalue weighted by atomic mass is 16.6. The van der Waals surface area contributed by atoms with Crippen molar-refractivity contribution in [1.82, 2.24) is 0 Å². The molecule has 3 nitrogen and oxygen atoms in total. The van der Waals surface area contributed by atoms with Crippen molar-refractivity contribution in [2.75, 3.05) is 13.2 Å². The molecular formula is C13H16O3. The van der Waals surface area contributed by atoms with Gasteiger partial charge in [0.2, 0.25) is 0 Å². The summed E-state index contributed by atoms with van der Waals surface area (Å²) >= 11 is 0. The molecule has 0 N–H and O–H groups in total. The van der Waals surface area contributed by atoms with E-state index in [0.717, 1.165) is 16.7 Å². The molecule has 1 atom stereocenters. The summed E-state index contributed by atoms with van der Waals surface area (Å²) in [6, 6.07) is 3.99. The highest BCUT2D eigenvalue weighted by molar-refractivity contribution is 5.92. The maximum Gasteiger partial charge on any atom is 0.338 e. The molecule has 1 aromatic rings. The van der Waals surface area contributed by atoms with Crippen LogP contribution in [0.4, 0.5) is 0 Å². The fraction of sp³-hybridized carbons (Fsp3) is 0.462. The number of esters is 1. The zero-order valence-electron chi connectivity index (χ0n) is 9.87. The van der Waals surface area contributed by atoms with E-state index in [9.17, 15) is 4.79 Å². The molecule has 0 spiro atoms. The van der Waals surface area contributed by atoms with Crippen LogP contribution in [0.2, 0.25) is 0 Å². The monoisotopic (exact) mass is 220 g/mol. The highest BCUT2D eigenvalue weighted by Gasteiger charge is 2.25. The van der Waals surface area contributed by atoms with Gasteiger partial charge in [0.15, 0.2) is 0 Å². The van der Waals surface area contributed by atoms with Gasteiger partial charge in [-0.25, -0.2) is 4.79 Å². The second-order valence-electron chi connectivity index (χ2n) is 4.33. The van der Waals surface area contributed by atoms with Crippen molar-refractivity contribution < 1.29 is 14.3 Å². The van der Waals surface area contributed by atoms with Crippen molar-refractivity contribution in [3.63, 3.8) is 0 Å². The summed E-state index contributed by atoms with van der Waals surface area (Å²) in [5.74, 6) is -0.245. The van der Waals surface area contributed by atoms with Gasteiger partial charge in [0, 0.05) is 0 Å². The van der Waals surface area contributed by atoms with Crippen molar-refractivity contribution in [1.29, 1.82) is 0 Å². The van der Waals surface area contributed by atoms with E-state index in [1.165, 1.54) is 0 Å². The Morgan fingerprint density at radius 2 is 1.94 bits per heavy atom. The molecule has 1 heterocycles. The van der Waals surface area contributed by atoms with Crippen molar-refractivity contribution in [2.45, 2.75) is 26.9 Å². The predicted molar refractivity (Wildman–Crippen MR) is 60.7 cm³/mol. The molecule has 0 aliphatic carbocycles. The standard InChI is InChI=1S/C13H16O3/c1-8-4-9(2)12(10(3)5-8)13(14)16-7-11-6-15-11/h4-5,11H,6-7H2,1-3H3. The smallest absolute Gasteiger partial charge is 0.338 e. The molecule has 0 saturated carbocycles. The van der Waals surface area contributed by atoms with Crippen LogP contribution in [0.3, 0.4) is 0 Å². The minimum atomic E-state index is -0.245. The lowest BCUT2D eigenvalue weighted by molar-refractivity contribution is 0.0475. The topological polar surface area (TPSA) is 38.8 Å². The number of epoxide rings is 1. The normalized spacial score (nSPS) is 18.3. The first-order valence-electron chi connectivity index (χ1n) is 5.44. The fourth-order valence-corrected chi connectivity index (χ4v) is 1.91. The Morgan fingerprint density at radius 3 is 2.44 bits per heavy atom. The third-order valence-corrected chi connectivity index (χ3v) is 2.68. The van der Waals surface area contributed by atoms with Crippen LogP contribution in [0.25, 0.3) is 0 Å². The van der Waals surface area contributed by atoms with Gasteiger partial charge in [-0.2, -0.15) is 0 Å². The van der Waals surface area contributed by atoms with Gasteiger partial charge in [-0.3, -0.25) is 0 Å². The van der Waals surface area contributed by atoms with Crippen molar-refractivity contribution in [2.24, 2.45) is 0 Å². The van der Waals surface area contributed by atoms with E-state index in [1.807, 2.05) is 32.9 Å². The molecule has 86 valence electrons. The molecule has 0 bridgehead atoms. The predicted octanol–water partition coefficient (Wildman–Crippen LogP) is 2.17. The molecule has 16 heavy (non-hydrogen) atoms. The molecule has 1 unspecified atom stereocenters. The number of carbonyl (C=O) groups is 1. The van der Waals surface area contributed by atoms with Crippen molar-refractivity contribution >= 4 is 5.97 Å². The largest absolute Gasteiger partial charge is 0.459 e. The second kappa shape index (κ2) is 4.26. The van der Waals surface area contributed by atoms with Gasteiger partial charge >= 0.3 is 5.97 Å². The molecule has 1 saturated heterocycles. The number of hydrogen-bond acceptors (Lipinski definition) is 3. The maximum absolute atomic E-state index is 11.9. The van der Waals surface area contributed by atoms with Gasteiger partial charge in [-0.15, -0.1) is 0 Å². The molecule has 1 aromatic carbocycles. The lowest BCUT2D eigenvalue weighted by atomic mass is 10.00. The summed E-state index contributed by atoms with van der Waals surface area (Å²) in [6.07, 6.45) is 0.120. The number of carbonyl (C=O) groups excluding carboxylic acids is 1. The van der Waals surface area contributed by atoms with Crippen molar-refractivity contribution in [3.8, 4) is 0 Å². The highest BCUT2D eigenvalue weighted by Crippen LogP contribution is 2.18. The Morgan fingerprint density at radius 1 is 1.38 bits per heavy atom. The molecular weight excluding hydrogens is 204 g/mol. The van der Waals surface area contributed by atoms with Crippen LogP contribution in [0.1, 0.15) is 27.0 Å². The third kappa shape index (κ3) is 2.42. The molecule has 0 radical (unpaired) electrons. The van der Waals surface area contributed by atoms with Gasteiger partial charge in [0.05, 0.1) is 12.2 Å². The maximum atomic E-state index is 11.9. The molecule has 0 amide bonds. The van der Waals surface area contributed by atoms with Gasteiger partial charge < -0.3 is 9.47 Å². The fourth-order valence-electron chi connectivity index (χ4n) is 1.91. The van der Waals surface area contributed by atoms with Crippen molar-refractivity contribution in [3.05, 3.63) is 34.4 Å². The average molecular weight is 220 g/mol. The summed E-state index contributed by atoms with van der Waals surface area (Å²) < 4.78 is 10.2. The summed E-state index contributed by atoms with van der Waals surface area (Å²) in [5, 5.41) is 0. The lowest BCUT2D eigenvalue weighted by Crippen LogP contribution is -2.13. The molecule has 0 aromatic heterocycles. The number of rotatable bonds is 3. The van der Waals surface area contributed by atoms with Gasteiger partial charge in [0.1, 0.15) is 12.7 Å². The molecule has 1 aliphatic heterocycles. The summed E-state index contributed by atoms with van der Waals surface area (Å²) in [6.45, 7) is 6.96. The van der Waals surface area contributed by atoms with E-state index < -0.39 is 0 Å². The van der Waals surface area contributed by atoms with Gasteiger partial charge in [0.25, 0.3) is 0 Å². The zero-order valence-corrected chi connectivity index (χ0v) is 9.87. The Hall–Kier alpha value is -1.35. The summed E-state index contributed by atoms with van der Waals surface area (Å²) in [4.78, 5) is 11.9. The van der Waals surface area contributed by atoms with Crippen LogP contribution >= 0.6 is 0 Å². The molecule has 3 heteroatoms. The average Bonchev–Trinajstić information content (AvgIpc) is 2.96. The van der Waals surface area contributed by atoms with Gasteiger partial charge in [-0.1, -0.05) is 17.7 Å². The first-order chi connectivity index (χ1) is 7.58. The Labute approximate surface area is 95.4 Å². The van der Waals surface area contributed by atoms with Crippen LogP contribution in [-0.4, -0.2) is 25.3 Å². The zero-order chi connectivity index (χ0) is 11.7. The van der Waals surface area contributed by atoms with E-state index >= 15 is 0 Å². The van der Waals surface area contributed by atoms with Crippen LogP contribution in [0.5, 0.6) is 0 Å². The SMILES string of the molecule is Cc1cc(C)c(C(=O)OCC2CO2)c(C)c1.